The lowest BCUT2D eigenvalue weighted by Gasteiger charge is -2.33. The molecule has 0 bridgehead atoms. The van der Waals surface area contributed by atoms with Gasteiger partial charge in [-0.1, -0.05) is 0 Å². The summed E-state index contributed by atoms with van der Waals surface area (Å²) in [6.07, 6.45) is 8.75. The number of hydrogen-bond acceptors (Lipinski definition) is 4. The van der Waals surface area contributed by atoms with Crippen molar-refractivity contribution in [3.8, 4) is 6.07 Å². The van der Waals surface area contributed by atoms with Gasteiger partial charge in [0.2, 0.25) is 5.91 Å². The second-order valence-electron chi connectivity index (χ2n) is 6.61. The smallest absolute Gasteiger partial charge is 0.245 e. The van der Waals surface area contributed by atoms with E-state index in [4.69, 9.17) is 0 Å². The Morgan fingerprint density at radius 3 is 2.88 bits per heavy atom. The van der Waals surface area contributed by atoms with Crippen molar-refractivity contribution in [2.45, 2.75) is 38.1 Å². The molecule has 2 aromatic rings. The van der Waals surface area contributed by atoms with Crippen LogP contribution in [-0.4, -0.2) is 46.5 Å². The highest BCUT2D eigenvalue weighted by atomic mass is 16.2. The molecular weight excluding hydrogens is 302 g/mol. The molecule has 0 aromatic carbocycles. The minimum absolute atomic E-state index is 0.116. The van der Waals surface area contributed by atoms with Crippen LogP contribution in [0.2, 0.25) is 0 Å². The number of anilines is 1. The maximum Gasteiger partial charge on any atom is 0.245 e. The van der Waals surface area contributed by atoms with Crippen molar-refractivity contribution >= 4 is 22.6 Å². The van der Waals surface area contributed by atoms with Crippen LogP contribution in [0, 0.1) is 11.3 Å². The number of H-pyrrole nitrogens is 1. The highest BCUT2D eigenvalue weighted by Crippen LogP contribution is 2.34. The first kappa shape index (κ1) is 15.0. The third-order valence-corrected chi connectivity index (χ3v) is 5.19. The molecule has 2 aromatic heterocycles. The number of rotatable bonds is 2. The highest BCUT2D eigenvalue weighted by molar-refractivity contribution is 5.97. The molecular formula is C18H21N5O. The molecule has 0 saturated carbocycles. The van der Waals surface area contributed by atoms with Gasteiger partial charge in [0.15, 0.2) is 0 Å². The van der Waals surface area contributed by atoms with E-state index in [1.807, 2.05) is 11.0 Å². The van der Waals surface area contributed by atoms with Crippen LogP contribution in [0.3, 0.4) is 0 Å². The highest BCUT2D eigenvalue weighted by Gasteiger charge is 2.35. The lowest BCUT2D eigenvalue weighted by Crippen LogP contribution is -2.47. The molecule has 2 saturated heterocycles. The summed E-state index contributed by atoms with van der Waals surface area (Å²) in [6, 6.07) is 4.04. The van der Waals surface area contributed by atoms with Crippen molar-refractivity contribution in [2.24, 2.45) is 0 Å². The van der Waals surface area contributed by atoms with E-state index in [0.717, 1.165) is 56.4 Å². The third-order valence-electron chi connectivity index (χ3n) is 5.19. The van der Waals surface area contributed by atoms with Crippen LogP contribution in [0.1, 0.15) is 37.7 Å². The number of hydrogen-bond donors (Lipinski definition) is 1. The molecule has 4 heterocycles. The molecule has 0 aliphatic carbocycles. The molecule has 0 unspecified atom stereocenters. The van der Waals surface area contributed by atoms with Gasteiger partial charge in [0, 0.05) is 32.0 Å². The molecule has 1 N–H and O–H groups in total. The number of pyridine rings is 1. The first-order chi connectivity index (χ1) is 11.8. The predicted octanol–water partition coefficient (Wildman–Crippen LogP) is 2.42. The van der Waals surface area contributed by atoms with E-state index in [1.54, 1.807) is 12.4 Å². The van der Waals surface area contributed by atoms with Crippen molar-refractivity contribution in [3.63, 3.8) is 0 Å². The lowest BCUT2D eigenvalue weighted by atomic mass is 10.1. The van der Waals surface area contributed by atoms with Gasteiger partial charge in [-0.2, -0.15) is 5.26 Å². The minimum Gasteiger partial charge on any atom is -0.359 e. The standard InChI is InChI=1S/C18H21N5O/c19-11-13-12-21-17-16(13)14(6-7-20-17)23-10-4-5-15(23)18(24)22-8-2-1-3-9-22/h6-7,12,15H,1-5,8-10H2,(H,20,21)/t15-/m1/s1. The number of fused-ring (bicyclic) bond motifs is 1. The summed E-state index contributed by atoms with van der Waals surface area (Å²) < 4.78 is 0. The number of carbonyl (C=O) groups excluding carboxylic acids is 1. The molecule has 2 aliphatic heterocycles. The van der Waals surface area contributed by atoms with Crippen molar-refractivity contribution in [2.75, 3.05) is 24.5 Å². The Hall–Kier alpha value is -2.55. The summed E-state index contributed by atoms with van der Waals surface area (Å²) >= 11 is 0. The quantitative estimate of drug-likeness (QED) is 0.921. The van der Waals surface area contributed by atoms with Crippen LogP contribution < -0.4 is 4.90 Å². The fourth-order valence-electron chi connectivity index (χ4n) is 4.00. The van der Waals surface area contributed by atoms with E-state index in [1.165, 1.54) is 6.42 Å². The average molecular weight is 323 g/mol. The molecule has 4 rings (SSSR count). The summed E-state index contributed by atoms with van der Waals surface area (Å²) in [5, 5.41) is 10.2. The van der Waals surface area contributed by atoms with Crippen molar-refractivity contribution in [1.29, 1.82) is 5.26 Å². The van der Waals surface area contributed by atoms with E-state index in [2.05, 4.69) is 20.9 Å². The number of likely N-dealkylation sites (tertiary alicyclic amines) is 1. The summed E-state index contributed by atoms with van der Waals surface area (Å²) in [6.45, 7) is 2.60. The van der Waals surface area contributed by atoms with Crippen LogP contribution in [0.15, 0.2) is 18.5 Å². The second-order valence-corrected chi connectivity index (χ2v) is 6.61. The Morgan fingerprint density at radius 1 is 1.25 bits per heavy atom. The SMILES string of the molecule is N#Cc1c[nH]c2nccc(N3CCC[C@@H]3C(=O)N3CCCCC3)c12. The van der Waals surface area contributed by atoms with Crippen molar-refractivity contribution in [3.05, 3.63) is 24.0 Å². The Kier molecular flexibility index (Phi) is 3.85. The normalized spacial score (nSPS) is 21.2. The summed E-state index contributed by atoms with van der Waals surface area (Å²) in [4.78, 5) is 24.6. The number of nitrogens with one attached hydrogen (secondary N) is 1. The molecule has 124 valence electrons. The molecule has 2 aliphatic rings. The van der Waals surface area contributed by atoms with Crippen LogP contribution in [0.5, 0.6) is 0 Å². The van der Waals surface area contributed by atoms with Crippen LogP contribution in [-0.2, 0) is 4.79 Å². The largest absolute Gasteiger partial charge is 0.359 e. The van der Waals surface area contributed by atoms with Crippen LogP contribution >= 0.6 is 0 Å². The van der Waals surface area contributed by atoms with Gasteiger partial charge in [0.1, 0.15) is 17.8 Å². The molecule has 6 nitrogen and oxygen atoms in total. The fraction of sp³-hybridized carbons (Fsp3) is 0.500. The Balaban J connectivity index is 1.69. The summed E-state index contributed by atoms with van der Waals surface area (Å²) in [5.41, 5.74) is 2.25. The topological polar surface area (TPSA) is 76.0 Å². The Morgan fingerprint density at radius 2 is 2.08 bits per heavy atom. The monoisotopic (exact) mass is 323 g/mol. The van der Waals surface area contributed by atoms with Gasteiger partial charge in [0.25, 0.3) is 0 Å². The third kappa shape index (κ3) is 2.41. The van der Waals surface area contributed by atoms with Crippen LogP contribution in [0.25, 0.3) is 11.0 Å². The number of nitrogens with zero attached hydrogens (tertiary/aromatic N) is 4. The predicted molar refractivity (Wildman–Crippen MR) is 91.6 cm³/mol. The fourth-order valence-corrected chi connectivity index (χ4v) is 4.00. The summed E-state index contributed by atoms with van der Waals surface area (Å²) in [5.74, 6) is 0.242. The van der Waals surface area contributed by atoms with E-state index in [0.29, 0.717) is 11.2 Å². The van der Waals surface area contributed by atoms with Gasteiger partial charge in [-0.3, -0.25) is 4.79 Å². The molecule has 1 atom stereocenters. The van der Waals surface area contributed by atoms with Crippen LogP contribution in [0.4, 0.5) is 5.69 Å². The average Bonchev–Trinajstić information content (AvgIpc) is 3.28. The Labute approximate surface area is 141 Å². The van der Waals surface area contributed by atoms with Gasteiger partial charge in [-0.25, -0.2) is 4.98 Å². The van der Waals surface area contributed by atoms with Gasteiger partial charge in [-0.05, 0) is 38.2 Å². The van der Waals surface area contributed by atoms with E-state index in [-0.39, 0.29) is 11.9 Å². The second kappa shape index (κ2) is 6.16. The van der Waals surface area contributed by atoms with Gasteiger partial charge in [-0.15, -0.1) is 0 Å². The first-order valence-electron chi connectivity index (χ1n) is 8.71. The van der Waals surface area contributed by atoms with Crippen molar-refractivity contribution < 1.29 is 4.79 Å². The zero-order valence-corrected chi connectivity index (χ0v) is 13.7. The number of amides is 1. The number of piperidine rings is 1. The van der Waals surface area contributed by atoms with Gasteiger partial charge >= 0.3 is 0 Å². The van der Waals surface area contributed by atoms with Gasteiger partial charge < -0.3 is 14.8 Å². The molecule has 1 amide bonds. The maximum absolute atomic E-state index is 13.0. The molecule has 0 radical (unpaired) electrons. The summed E-state index contributed by atoms with van der Waals surface area (Å²) in [7, 11) is 0. The zero-order valence-electron chi connectivity index (χ0n) is 13.7. The van der Waals surface area contributed by atoms with E-state index < -0.39 is 0 Å². The van der Waals surface area contributed by atoms with E-state index >= 15 is 0 Å². The number of nitriles is 1. The lowest BCUT2D eigenvalue weighted by molar-refractivity contribution is -0.133. The molecule has 6 heteroatoms. The molecule has 2 fully saturated rings. The van der Waals surface area contributed by atoms with Gasteiger partial charge in [0.05, 0.1) is 16.6 Å². The first-order valence-corrected chi connectivity index (χ1v) is 8.71. The maximum atomic E-state index is 13.0. The number of aromatic nitrogens is 2. The zero-order chi connectivity index (χ0) is 16.5. The number of aromatic amines is 1. The minimum atomic E-state index is -0.116. The van der Waals surface area contributed by atoms with E-state index in [9.17, 15) is 10.1 Å². The number of carbonyl (C=O) groups is 1. The van der Waals surface area contributed by atoms with Crippen molar-refractivity contribution in [1.82, 2.24) is 14.9 Å². The molecule has 0 spiro atoms. The molecule has 24 heavy (non-hydrogen) atoms. The Bertz CT molecular complexity index is 799.